The van der Waals surface area contributed by atoms with E-state index in [0.717, 1.165) is 48.6 Å². The van der Waals surface area contributed by atoms with Gasteiger partial charge in [0.15, 0.2) is 5.65 Å². The van der Waals surface area contributed by atoms with Gasteiger partial charge in [-0.25, -0.2) is 9.97 Å². The number of anilines is 1. The quantitative estimate of drug-likeness (QED) is 0.614. The van der Waals surface area contributed by atoms with Gasteiger partial charge in [0.2, 0.25) is 5.91 Å². The lowest BCUT2D eigenvalue weighted by Gasteiger charge is -2.39. The number of nitrogens with zero attached hydrogens (tertiary/aromatic N) is 7. The predicted octanol–water partition coefficient (Wildman–Crippen LogP) is 1.47. The fourth-order valence-electron chi connectivity index (χ4n) is 4.68. The number of aromatic nitrogens is 4. The average Bonchev–Trinajstić information content (AvgIpc) is 3.20. The zero-order valence-corrected chi connectivity index (χ0v) is 18.6. The summed E-state index contributed by atoms with van der Waals surface area (Å²) in [6, 6.07) is 10.3. The van der Waals surface area contributed by atoms with Gasteiger partial charge in [-0.2, -0.15) is 5.10 Å². The SMILES string of the molecule is CC1CN(CC(=O)N2CCN(c3ncnc4c3cnn4C)CC2)CC(c2ccccc2)O1. The van der Waals surface area contributed by atoms with Crippen molar-refractivity contribution in [3.8, 4) is 0 Å². The summed E-state index contributed by atoms with van der Waals surface area (Å²) in [5, 5.41) is 5.25. The van der Waals surface area contributed by atoms with E-state index >= 15 is 0 Å². The highest BCUT2D eigenvalue weighted by Gasteiger charge is 2.30. The normalized spacial score (nSPS) is 22.4. The van der Waals surface area contributed by atoms with E-state index in [-0.39, 0.29) is 18.1 Å². The molecule has 0 N–H and O–H groups in total. The van der Waals surface area contributed by atoms with E-state index < -0.39 is 0 Å². The van der Waals surface area contributed by atoms with Crippen LogP contribution < -0.4 is 4.90 Å². The number of hydrogen-bond donors (Lipinski definition) is 0. The van der Waals surface area contributed by atoms with Crippen LogP contribution in [0.4, 0.5) is 5.82 Å². The van der Waals surface area contributed by atoms with Crippen molar-refractivity contribution in [2.45, 2.75) is 19.1 Å². The first-order valence-corrected chi connectivity index (χ1v) is 11.2. The second kappa shape index (κ2) is 8.84. The summed E-state index contributed by atoms with van der Waals surface area (Å²) in [4.78, 5) is 28.3. The zero-order valence-electron chi connectivity index (χ0n) is 18.6. The summed E-state index contributed by atoms with van der Waals surface area (Å²) in [5.74, 6) is 1.07. The average molecular weight is 436 g/mol. The Labute approximate surface area is 187 Å². The summed E-state index contributed by atoms with van der Waals surface area (Å²) in [6.45, 7) is 6.88. The molecule has 1 aromatic carbocycles. The van der Waals surface area contributed by atoms with E-state index in [4.69, 9.17) is 4.74 Å². The Morgan fingerprint density at radius 2 is 1.88 bits per heavy atom. The van der Waals surface area contributed by atoms with Gasteiger partial charge in [0, 0.05) is 46.3 Å². The molecule has 4 heterocycles. The molecule has 2 aromatic heterocycles. The molecule has 9 heteroatoms. The number of amides is 1. The van der Waals surface area contributed by atoms with Crippen LogP contribution in [0.3, 0.4) is 0 Å². The second-order valence-electron chi connectivity index (χ2n) is 8.61. The van der Waals surface area contributed by atoms with Gasteiger partial charge in [-0.05, 0) is 12.5 Å². The molecule has 0 bridgehead atoms. The summed E-state index contributed by atoms with van der Waals surface area (Å²) >= 11 is 0. The van der Waals surface area contributed by atoms with Crippen molar-refractivity contribution in [1.29, 1.82) is 0 Å². The molecule has 9 nitrogen and oxygen atoms in total. The Kier molecular flexibility index (Phi) is 5.75. The second-order valence-corrected chi connectivity index (χ2v) is 8.61. The lowest BCUT2D eigenvalue weighted by molar-refractivity contribution is -0.136. The van der Waals surface area contributed by atoms with Gasteiger partial charge in [0.1, 0.15) is 12.1 Å². The monoisotopic (exact) mass is 435 g/mol. The number of rotatable bonds is 4. The summed E-state index contributed by atoms with van der Waals surface area (Å²) in [7, 11) is 1.88. The van der Waals surface area contributed by atoms with Crippen molar-refractivity contribution in [2.75, 3.05) is 50.7 Å². The molecule has 0 aliphatic carbocycles. The van der Waals surface area contributed by atoms with E-state index in [1.54, 1.807) is 11.0 Å². The van der Waals surface area contributed by atoms with Crippen molar-refractivity contribution in [3.05, 3.63) is 48.4 Å². The fourth-order valence-corrected chi connectivity index (χ4v) is 4.68. The fraction of sp³-hybridized carbons (Fsp3) is 0.478. The lowest BCUT2D eigenvalue weighted by atomic mass is 10.1. The molecule has 0 radical (unpaired) electrons. The number of fused-ring (bicyclic) bond motifs is 1. The Bertz CT molecular complexity index is 1080. The van der Waals surface area contributed by atoms with Gasteiger partial charge in [0.25, 0.3) is 0 Å². The number of carbonyl (C=O) groups excluding carboxylic acids is 1. The van der Waals surface area contributed by atoms with E-state index in [1.807, 2.05) is 36.3 Å². The number of aryl methyl sites for hydroxylation is 1. The molecule has 2 saturated heterocycles. The van der Waals surface area contributed by atoms with Gasteiger partial charge in [-0.3, -0.25) is 14.4 Å². The number of ether oxygens (including phenoxy) is 1. The molecule has 0 spiro atoms. The Hall–Kier alpha value is -3.04. The van der Waals surface area contributed by atoms with Crippen LogP contribution in [0.2, 0.25) is 0 Å². The molecule has 32 heavy (non-hydrogen) atoms. The molecular weight excluding hydrogens is 406 g/mol. The van der Waals surface area contributed by atoms with Gasteiger partial charge in [-0.15, -0.1) is 0 Å². The standard InChI is InChI=1S/C23H29N7O2/c1-17-13-28(14-20(32-17)18-6-4-3-5-7-18)15-21(31)29-8-10-30(11-9-29)23-19-12-26-27(2)22(19)24-16-25-23/h3-7,12,16-17,20H,8-11,13-15H2,1-2H3. The van der Waals surface area contributed by atoms with E-state index in [9.17, 15) is 4.79 Å². The van der Waals surface area contributed by atoms with Crippen molar-refractivity contribution >= 4 is 22.8 Å². The number of hydrogen-bond acceptors (Lipinski definition) is 7. The first kappa shape index (κ1) is 20.8. The third-order valence-corrected chi connectivity index (χ3v) is 6.31. The van der Waals surface area contributed by atoms with Gasteiger partial charge < -0.3 is 14.5 Å². The number of carbonyl (C=O) groups is 1. The Morgan fingerprint density at radius 1 is 1.09 bits per heavy atom. The number of piperazine rings is 1. The molecule has 2 aliphatic heterocycles. The Morgan fingerprint density at radius 3 is 2.66 bits per heavy atom. The van der Waals surface area contributed by atoms with E-state index in [0.29, 0.717) is 19.6 Å². The number of benzene rings is 1. The molecular formula is C23H29N7O2. The van der Waals surface area contributed by atoms with Crippen LogP contribution in [0, 0.1) is 0 Å². The third-order valence-electron chi connectivity index (χ3n) is 6.31. The summed E-state index contributed by atoms with van der Waals surface area (Å²) in [5.41, 5.74) is 1.99. The van der Waals surface area contributed by atoms with Crippen molar-refractivity contribution in [1.82, 2.24) is 29.5 Å². The molecule has 168 valence electrons. The van der Waals surface area contributed by atoms with Crippen LogP contribution >= 0.6 is 0 Å². The molecule has 2 fully saturated rings. The summed E-state index contributed by atoms with van der Waals surface area (Å²) in [6.07, 6.45) is 3.49. The minimum absolute atomic E-state index is 0.00394. The predicted molar refractivity (Wildman–Crippen MR) is 121 cm³/mol. The Balaban J connectivity index is 1.19. The maximum Gasteiger partial charge on any atom is 0.236 e. The maximum absolute atomic E-state index is 13.1. The van der Waals surface area contributed by atoms with Crippen molar-refractivity contribution in [2.24, 2.45) is 7.05 Å². The van der Waals surface area contributed by atoms with Crippen LogP contribution in [0.1, 0.15) is 18.6 Å². The minimum Gasteiger partial charge on any atom is -0.368 e. The first-order valence-electron chi connectivity index (χ1n) is 11.2. The van der Waals surface area contributed by atoms with Crippen LogP contribution in [-0.4, -0.2) is 87.4 Å². The highest BCUT2D eigenvalue weighted by atomic mass is 16.5. The third kappa shape index (κ3) is 4.18. The smallest absolute Gasteiger partial charge is 0.236 e. The van der Waals surface area contributed by atoms with E-state index in [2.05, 4.69) is 43.9 Å². The minimum atomic E-state index is 0.00394. The molecule has 2 unspecified atom stereocenters. The molecule has 0 saturated carbocycles. The zero-order chi connectivity index (χ0) is 22.1. The maximum atomic E-state index is 13.1. The molecule has 3 aromatic rings. The molecule has 2 atom stereocenters. The van der Waals surface area contributed by atoms with Crippen LogP contribution in [0.5, 0.6) is 0 Å². The number of morpholine rings is 1. The van der Waals surface area contributed by atoms with Crippen molar-refractivity contribution in [3.63, 3.8) is 0 Å². The van der Waals surface area contributed by atoms with Crippen LogP contribution in [-0.2, 0) is 16.6 Å². The van der Waals surface area contributed by atoms with Gasteiger partial charge >= 0.3 is 0 Å². The molecule has 5 rings (SSSR count). The molecule has 2 aliphatic rings. The lowest BCUT2D eigenvalue weighted by Crippen LogP contribution is -2.53. The van der Waals surface area contributed by atoms with Gasteiger partial charge in [0.05, 0.1) is 30.3 Å². The van der Waals surface area contributed by atoms with Crippen LogP contribution in [0.25, 0.3) is 11.0 Å². The highest BCUT2D eigenvalue weighted by molar-refractivity contribution is 5.87. The van der Waals surface area contributed by atoms with Crippen molar-refractivity contribution < 1.29 is 9.53 Å². The topological polar surface area (TPSA) is 79.6 Å². The summed E-state index contributed by atoms with van der Waals surface area (Å²) < 4.78 is 7.89. The first-order chi connectivity index (χ1) is 15.6. The van der Waals surface area contributed by atoms with Gasteiger partial charge in [-0.1, -0.05) is 30.3 Å². The highest BCUT2D eigenvalue weighted by Crippen LogP contribution is 2.26. The van der Waals surface area contributed by atoms with E-state index in [1.165, 1.54) is 0 Å². The molecule has 1 amide bonds. The largest absolute Gasteiger partial charge is 0.368 e. The van der Waals surface area contributed by atoms with Crippen LogP contribution in [0.15, 0.2) is 42.9 Å².